The maximum absolute atomic E-state index is 13.3. The summed E-state index contributed by atoms with van der Waals surface area (Å²) in [7, 11) is -3.66. The van der Waals surface area contributed by atoms with Crippen LogP contribution < -0.4 is 0 Å². The number of hydrogen-bond donors (Lipinski definition) is 0. The second-order valence-corrected chi connectivity index (χ2v) is 9.56. The average molecular weight is 420 g/mol. The van der Waals surface area contributed by atoms with Gasteiger partial charge in [-0.1, -0.05) is 19.9 Å². The predicted molar refractivity (Wildman–Crippen MR) is 109 cm³/mol. The number of nitriles is 1. The van der Waals surface area contributed by atoms with Gasteiger partial charge in [0.25, 0.3) is 5.91 Å². The molecule has 8 heteroatoms. The molecule has 1 aromatic carbocycles. The van der Waals surface area contributed by atoms with E-state index in [2.05, 4.69) is 6.07 Å². The molecule has 1 aromatic rings. The van der Waals surface area contributed by atoms with Crippen molar-refractivity contribution in [1.82, 2.24) is 9.21 Å². The van der Waals surface area contributed by atoms with Crippen molar-refractivity contribution in [1.29, 1.82) is 5.26 Å². The first-order valence-electron chi connectivity index (χ1n) is 10.3. The van der Waals surface area contributed by atoms with Gasteiger partial charge < -0.3 is 9.64 Å². The van der Waals surface area contributed by atoms with E-state index in [0.29, 0.717) is 26.2 Å². The van der Waals surface area contributed by atoms with Gasteiger partial charge in [0.1, 0.15) is 11.6 Å². The zero-order chi connectivity index (χ0) is 21.1. The molecular weight excluding hydrogens is 390 g/mol. The standard InChI is InChI=1S/C21H29N3O4S/c1-3-23(4-2)29(26,27)18-10-7-9-17(15-18)20(25)24-13-8-12-21(19(24)16-22)11-5-6-14-28-21/h7,9-10,15,19H,3-6,8,11-14H2,1-2H3/t19-,21+/m1/s1. The van der Waals surface area contributed by atoms with Gasteiger partial charge >= 0.3 is 0 Å². The SMILES string of the molecule is CCN(CC)S(=O)(=O)c1cccc(C(=O)N2CCC[C@@]3(CCCCO3)[C@H]2C#N)c1. The number of hydrogen-bond acceptors (Lipinski definition) is 5. The van der Waals surface area contributed by atoms with Crippen LogP contribution >= 0.6 is 0 Å². The second kappa shape index (κ2) is 8.82. The Hall–Kier alpha value is -1.95. The summed E-state index contributed by atoms with van der Waals surface area (Å²) in [5.74, 6) is -0.318. The monoisotopic (exact) mass is 419 g/mol. The molecule has 0 bridgehead atoms. The van der Waals surface area contributed by atoms with E-state index in [-0.39, 0.29) is 16.4 Å². The maximum atomic E-state index is 13.3. The molecule has 158 valence electrons. The molecule has 2 fully saturated rings. The molecule has 7 nitrogen and oxygen atoms in total. The van der Waals surface area contributed by atoms with E-state index in [4.69, 9.17) is 4.74 Å². The second-order valence-electron chi connectivity index (χ2n) is 7.62. The van der Waals surface area contributed by atoms with Crippen LogP contribution in [0.1, 0.15) is 56.3 Å². The van der Waals surface area contributed by atoms with E-state index >= 15 is 0 Å². The molecule has 1 amide bonds. The van der Waals surface area contributed by atoms with E-state index in [9.17, 15) is 18.5 Å². The Morgan fingerprint density at radius 1 is 1.28 bits per heavy atom. The minimum atomic E-state index is -3.66. The van der Waals surface area contributed by atoms with Crippen LogP contribution in [0.5, 0.6) is 0 Å². The topological polar surface area (TPSA) is 90.7 Å². The number of likely N-dealkylation sites (tertiary alicyclic amines) is 1. The Morgan fingerprint density at radius 2 is 2.00 bits per heavy atom. The predicted octanol–water partition coefficient (Wildman–Crippen LogP) is 2.78. The van der Waals surface area contributed by atoms with Crippen LogP contribution in [-0.4, -0.2) is 61.4 Å². The van der Waals surface area contributed by atoms with Crippen molar-refractivity contribution in [2.24, 2.45) is 0 Å². The van der Waals surface area contributed by atoms with Crippen molar-refractivity contribution in [2.45, 2.75) is 62.5 Å². The molecule has 2 atom stereocenters. The van der Waals surface area contributed by atoms with Gasteiger partial charge in [0.15, 0.2) is 0 Å². The van der Waals surface area contributed by atoms with Gasteiger partial charge in [-0.3, -0.25) is 4.79 Å². The van der Waals surface area contributed by atoms with Gasteiger partial charge in [0.05, 0.1) is 11.0 Å². The normalized spacial score (nSPS) is 25.2. The van der Waals surface area contributed by atoms with Crippen molar-refractivity contribution < 1.29 is 17.9 Å². The number of ether oxygens (including phenoxy) is 1. The van der Waals surface area contributed by atoms with Crippen molar-refractivity contribution in [3.63, 3.8) is 0 Å². The maximum Gasteiger partial charge on any atom is 0.255 e. The lowest BCUT2D eigenvalue weighted by atomic mass is 9.79. The molecule has 0 unspecified atom stereocenters. The molecule has 29 heavy (non-hydrogen) atoms. The van der Waals surface area contributed by atoms with Gasteiger partial charge in [-0.05, 0) is 50.3 Å². The Kier molecular flexibility index (Phi) is 6.62. The van der Waals surface area contributed by atoms with Crippen LogP contribution in [0.4, 0.5) is 0 Å². The number of benzene rings is 1. The molecule has 0 N–H and O–H groups in total. The van der Waals surface area contributed by atoms with Crippen LogP contribution in [0, 0.1) is 11.3 Å². The van der Waals surface area contributed by atoms with Crippen molar-refractivity contribution in [3.05, 3.63) is 29.8 Å². The average Bonchev–Trinajstić information content (AvgIpc) is 2.74. The quantitative estimate of drug-likeness (QED) is 0.732. The smallest absolute Gasteiger partial charge is 0.255 e. The highest BCUT2D eigenvalue weighted by atomic mass is 32.2. The summed E-state index contributed by atoms with van der Waals surface area (Å²) in [6.45, 7) is 5.36. The molecule has 2 saturated heterocycles. The molecule has 3 rings (SSSR count). The Labute approximate surface area is 173 Å². The van der Waals surface area contributed by atoms with Gasteiger partial charge in [-0.2, -0.15) is 9.57 Å². The molecule has 2 aliphatic rings. The lowest BCUT2D eigenvalue weighted by molar-refractivity contribution is -0.128. The van der Waals surface area contributed by atoms with Gasteiger partial charge in [-0.15, -0.1) is 0 Å². The number of piperidine rings is 1. The Morgan fingerprint density at radius 3 is 2.62 bits per heavy atom. The summed E-state index contributed by atoms with van der Waals surface area (Å²) < 4.78 is 33.1. The lowest BCUT2D eigenvalue weighted by Crippen LogP contribution is -2.60. The highest BCUT2D eigenvalue weighted by Crippen LogP contribution is 2.39. The number of carbonyl (C=O) groups excluding carboxylic acids is 1. The van der Waals surface area contributed by atoms with E-state index in [1.54, 1.807) is 30.9 Å². The molecule has 2 heterocycles. The molecule has 2 aliphatic heterocycles. The number of sulfonamides is 1. The summed E-state index contributed by atoms with van der Waals surface area (Å²) in [5.41, 5.74) is -0.322. The summed E-state index contributed by atoms with van der Waals surface area (Å²) in [6, 6.07) is 7.77. The van der Waals surface area contributed by atoms with Crippen LogP contribution in [0.3, 0.4) is 0 Å². The number of amides is 1. The van der Waals surface area contributed by atoms with Crippen LogP contribution in [0.15, 0.2) is 29.2 Å². The molecule has 0 aliphatic carbocycles. The molecule has 0 saturated carbocycles. The van der Waals surface area contributed by atoms with Crippen LogP contribution in [0.25, 0.3) is 0 Å². The van der Waals surface area contributed by atoms with Gasteiger partial charge in [0.2, 0.25) is 10.0 Å². The molecule has 1 spiro atoms. The van der Waals surface area contributed by atoms with E-state index < -0.39 is 21.7 Å². The Balaban J connectivity index is 1.91. The van der Waals surface area contributed by atoms with Crippen LogP contribution in [-0.2, 0) is 14.8 Å². The summed E-state index contributed by atoms with van der Waals surface area (Å²) in [4.78, 5) is 15.0. The van der Waals surface area contributed by atoms with Crippen LogP contribution in [0.2, 0.25) is 0 Å². The number of rotatable bonds is 5. The summed E-state index contributed by atoms with van der Waals surface area (Å²) in [5, 5.41) is 9.87. The minimum absolute atomic E-state index is 0.0983. The molecular formula is C21H29N3O4S. The van der Waals surface area contributed by atoms with Gasteiger partial charge in [-0.25, -0.2) is 8.42 Å². The van der Waals surface area contributed by atoms with E-state index in [1.807, 2.05) is 0 Å². The zero-order valence-corrected chi connectivity index (χ0v) is 18.0. The van der Waals surface area contributed by atoms with E-state index in [0.717, 1.165) is 32.1 Å². The molecule has 0 aromatic heterocycles. The molecule has 0 radical (unpaired) electrons. The van der Waals surface area contributed by atoms with Crippen molar-refractivity contribution in [2.75, 3.05) is 26.2 Å². The number of nitrogens with zero attached hydrogens (tertiary/aromatic N) is 3. The fourth-order valence-electron chi connectivity index (χ4n) is 4.46. The van der Waals surface area contributed by atoms with Crippen molar-refractivity contribution in [3.8, 4) is 6.07 Å². The highest BCUT2D eigenvalue weighted by molar-refractivity contribution is 7.89. The third-order valence-corrected chi connectivity index (χ3v) is 8.05. The van der Waals surface area contributed by atoms with E-state index in [1.165, 1.54) is 16.4 Å². The third kappa shape index (κ3) is 4.04. The lowest BCUT2D eigenvalue weighted by Gasteiger charge is -2.48. The third-order valence-electron chi connectivity index (χ3n) is 6.00. The Bertz CT molecular complexity index is 878. The van der Waals surface area contributed by atoms with Gasteiger partial charge in [0, 0.05) is 31.8 Å². The van der Waals surface area contributed by atoms with Crippen molar-refractivity contribution >= 4 is 15.9 Å². The summed E-state index contributed by atoms with van der Waals surface area (Å²) >= 11 is 0. The number of carbonyl (C=O) groups is 1. The first-order valence-corrected chi connectivity index (χ1v) is 11.8. The fourth-order valence-corrected chi connectivity index (χ4v) is 5.96. The fraction of sp³-hybridized carbons (Fsp3) is 0.619. The highest BCUT2D eigenvalue weighted by Gasteiger charge is 2.48. The largest absolute Gasteiger partial charge is 0.372 e. The minimum Gasteiger partial charge on any atom is -0.372 e. The zero-order valence-electron chi connectivity index (χ0n) is 17.1. The first-order chi connectivity index (χ1) is 13.9. The first kappa shape index (κ1) is 21.8. The summed E-state index contributed by atoms with van der Waals surface area (Å²) in [6.07, 6.45) is 4.26.